The van der Waals surface area contributed by atoms with Gasteiger partial charge in [0.25, 0.3) is 0 Å². The van der Waals surface area contributed by atoms with Gasteiger partial charge >= 0.3 is 0 Å². The number of halogens is 2. The minimum Gasteiger partial charge on any atom is -0.338 e. The number of rotatable bonds is 6. The summed E-state index contributed by atoms with van der Waals surface area (Å²) >= 11 is 0. The molecule has 1 N–H and O–H groups in total. The number of aromatic amines is 1. The van der Waals surface area contributed by atoms with Crippen molar-refractivity contribution < 1.29 is 21.7 Å². The normalized spacial score (nSPS) is 16.5. The first-order chi connectivity index (χ1) is 16.4. The number of nitrogens with zero attached hydrogens (tertiary/aromatic N) is 4. The summed E-state index contributed by atoms with van der Waals surface area (Å²) in [4.78, 5) is 4.37. The highest BCUT2D eigenvalue weighted by Gasteiger charge is 2.45. The fourth-order valence-electron chi connectivity index (χ4n) is 4.35. The summed E-state index contributed by atoms with van der Waals surface area (Å²) in [5.41, 5.74) is 1.18. The minimum atomic E-state index is -4.00. The maximum absolute atomic E-state index is 13.7. The highest BCUT2D eigenvalue weighted by atomic mass is 32.2. The van der Waals surface area contributed by atoms with Gasteiger partial charge in [-0.3, -0.25) is 5.10 Å². The van der Waals surface area contributed by atoms with Crippen LogP contribution in [0, 0.1) is 11.6 Å². The molecule has 1 fully saturated rings. The zero-order chi connectivity index (χ0) is 23.8. The Labute approximate surface area is 194 Å². The van der Waals surface area contributed by atoms with E-state index in [1.807, 2.05) is 30.3 Å². The van der Waals surface area contributed by atoms with Crippen molar-refractivity contribution in [2.24, 2.45) is 0 Å². The molecule has 3 heterocycles. The summed E-state index contributed by atoms with van der Waals surface area (Å²) in [7, 11) is -4.00. The molecule has 0 radical (unpaired) electrons. The molecule has 1 aliphatic rings. The van der Waals surface area contributed by atoms with Crippen LogP contribution in [0.3, 0.4) is 0 Å². The van der Waals surface area contributed by atoms with Crippen molar-refractivity contribution in [3.63, 3.8) is 0 Å². The minimum absolute atomic E-state index is 0.148. The fraction of sp³-hybridized carbons (Fsp3) is 0.261. The summed E-state index contributed by atoms with van der Waals surface area (Å²) in [6.45, 7) is 0.297. The Balaban J connectivity index is 1.44. The third kappa shape index (κ3) is 4.01. The molecule has 1 saturated heterocycles. The summed E-state index contributed by atoms with van der Waals surface area (Å²) in [5.74, 6) is -1.37. The van der Waals surface area contributed by atoms with Crippen molar-refractivity contribution in [1.82, 2.24) is 24.6 Å². The van der Waals surface area contributed by atoms with Gasteiger partial charge in [0, 0.05) is 25.7 Å². The molecule has 2 aromatic heterocycles. The Bertz CT molecular complexity index is 1380. The van der Waals surface area contributed by atoms with Crippen LogP contribution in [0.1, 0.15) is 35.7 Å². The number of piperidine rings is 1. The Morgan fingerprint density at radius 3 is 2.50 bits per heavy atom. The number of benzene rings is 2. The van der Waals surface area contributed by atoms with Gasteiger partial charge in [0.2, 0.25) is 15.9 Å². The molecule has 0 bridgehead atoms. The van der Waals surface area contributed by atoms with E-state index in [-0.39, 0.29) is 18.0 Å². The van der Waals surface area contributed by atoms with E-state index in [9.17, 15) is 17.2 Å². The fourth-order valence-corrected chi connectivity index (χ4v) is 5.81. The molecule has 8 nitrogen and oxygen atoms in total. The van der Waals surface area contributed by atoms with Crippen LogP contribution in [0.4, 0.5) is 8.78 Å². The summed E-state index contributed by atoms with van der Waals surface area (Å²) in [5, 5.41) is 10.8. The second-order valence-corrected chi connectivity index (χ2v) is 10.2. The first kappa shape index (κ1) is 22.4. The van der Waals surface area contributed by atoms with E-state index in [0.29, 0.717) is 37.0 Å². The predicted molar refractivity (Wildman–Crippen MR) is 117 cm³/mol. The van der Waals surface area contributed by atoms with E-state index in [1.54, 1.807) is 12.4 Å². The molecule has 0 amide bonds. The average Bonchev–Trinajstić information content (AvgIpc) is 3.54. The first-order valence-electron chi connectivity index (χ1n) is 10.7. The van der Waals surface area contributed by atoms with E-state index in [2.05, 4.69) is 20.3 Å². The lowest BCUT2D eigenvalue weighted by molar-refractivity contribution is 0.214. The highest BCUT2D eigenvalue weighted by Crippen LogP contribution is 2.42. The smallest absolute Gasteiger partial charge is 0.243 e. The van der Waals surface area contributed by atoms with Crippen LogP contribution in [0.2, 0.25) is 0 Å². The zero-order valence-corrected chi connectivity index (χ0v) is 18.8. The van der Waals surface area contributed by atoms with Gasteiger partial charge in [0.05, 0.1) is 16.5 Å². The van der Waals surface area contributed by atoms with Gasteiger partial charge < -0.3 is 4.52 Å². The van der Waals surface area contributed by atoms with Gasteiger partial charge in [-0.2, -0.15) is 14.4 Å². The molecule has 4 aromatic rings. The number of nitrogens with one attached hydrogen (secondary N) is 1. The maximum Gasteiger partial charge on any atom is 0.243 e. The molecule has 0 atom stereocenters. The molecular formula is C23H21F2N5O3S. The van der Waals surface area contributed by atoms with Gasteiger partial charge in [-0.15, -0.1) is 0 Å². The molecular weight excluding hydrogens is 464 g/mol. The Kier molecular flexibility index (Phi) is 5.74. The lowest BCUT2D eigenvalue weighted by Crippen LogP contribution is -2.46. The van der Waals surface area contributed by atoms with E-state index in [0.717, 1.165) is 23.3 Å². The topological polar surface area (TPSA) is 105 Å². The molecule has 2 aromatic carbocycles. The van der Waals surface area contributed by atoms with E-state index in [4.69, 9.17) is 4.52 Å². The van der Waals surface area contributed by atoms with Crippen molar-refractivity contribution in [2.45, 2.75) is 29.6 Å². The lowest BCUT2D eigenvalue weighted by Gasteiger charge is -2.39. The predicted octanol–water partition coefficient (Wildman–Crippen LogP) is 3.43. The molecule has 0 aliphatic carbocycles. The van der Waals surface area contributed by atoms with Crippen molar-refractivity contribution in [3.05, 3.63) is 95.4 Å². The van der Waals surface area contributed by atoms with Gasteiger partial charge in [0.1, 0.15) is 0 Å². The van der Waals surface area contributed by atoms with Gasteiger partial charge in [0.15, 0.2) is 17.5 Å². The molecule has 0 saturated carbocycles. The summed E-state index contributed by atoms with van der Waals surface area (Å²) < 4.78 is 60.2. The third-order valence-electron chi connectivity index (χ3n) is 6.23. The maximum atomic E-state index is 13.7. The van der Waals surface area contributed by atoms with Crippen LogP contribution in [0.15, 0.2) is 70.3 Å². The highest BCUT2D eigenvalue weighted by molar-refractivity contribution is 7.89. The van der Waals surface area contributed by atoms with Crippen LogP contribution in [-0.2, 0) is 21.9 Å². The second kappa shape index (κ2) is 8.73. The van der Waals surface area contributed by atoms with Gasteiger partial charge in [-0.05, 0) is 42.2 Å². The molecule has 0 unspecified atom stereocenters. The molecule has 176 valence electrons. The van der Waals surface area contributed by atoms with Crippen LogP contribution < -0.4 is 0 Å². The number of hydrogen-bond donors (Lipinski definition) is 1. The number of sulfonamides is 1. The Morgan fingerprint density at radius 1 is 1.06 bits per heavy atom. The van der Waals surface area contributed by atoms with E-state index in [1.165, 1.54) is 4.31 Å². The van der Waals surface area contributed by atoms with Crippen molar-refractivity contribution in [3.8, 4) is 0 Å². The SMILES string of the molecule is O=S(=O)(c1ccc(F)c(F)c1)N1CCC(c2ccccc2)(c2nc(Cc3cn[nH]c3)no2)CC1. The number of hydrogen-bond acceptors (Lipinski definition) is 6. The number of aromatic nitrogens is 4. The standard InChI is InChI=1S/C23H21F2N5O3S/c24-19-7-6-18(13-20(19)25)34(31,32)30-10-8-23(9-11-30,17-4-2-1-3-5-17)22-28-21(29-33-22)12-16-14-26-27-15-16/h1-7,13-15H,8-12H2,(H,26,27). The van der Waals surface area contributed by atoms with Crippen molar-refractivity contribution >= 4 is 10.0 Å². The van der Waals surface area contributed by atoms with Crippen LogP contribution in [-0.4, -0.2) is 46.2 Å². The van der Waals surface area contributed by atoms with Gasteiger partial charge in [-0.25, -0.2) is 17.2 Å². The molecule has 34 heavy (non-hydrogen) atoms. The quantitative estimate of drug-likeness (QED) is 0.449. The lowest BCUT2D eigenvalue weighted by atomic mass is 9.73. The summed E-state index contributed by atoms with van der Waals surface area (Å²) in [6, 6.07) is 12.2. The van der Waals surface area contributed by atoms with Crippen LogP contribution in [0.25, 0.3) is 0 Å². The van der Waals surface area contributed by atoms with Crippen LogP contribution >= 0.6 is 0 Å². The zero-order valence-electron chi connectivity index (χ0n) is 18.0. The van der Waals surface area contributed by atoms with Crippen molar-refractivity contribution in [1.29, 1.82) is 0 Å². The molecule has 5 rings (SSSR count). The third-order valence-corrected chi connectivity index (χ3v) is 8.12. The summed E-state index contributed by atoms with van der Waals surface area (Å²) in [6.07, 6.45) is 4.65. The largest absolute Gasteiger partial charge is 0.338 e. The van der Waals surface area contributed by atoms with E-state index < -0.39 is 27.1 Å². The molecule has 0 spiro atoms. The number of H-pyrrole nitrogens is 1. The van der Waals surface area contributed by atoms with E-state index >= 15 is 0 Å². The van der Waals surface area contributed by atoms with Gasteiger partial charge in [-0.1, -0.05) is 35.5 Å². The monoisotopic (exact) mass is 485 g/mol. The average molecular weight is 486 g/mol. The van der Waals surface area contributed by atoms with Crippen LogP contribution in [0.5, 0.6) is 0 Å². The Hall–Kier alpha value is -3.44. The van der Waals surface area contributed by atoms with Crippen molar-refractivity contribution in [2.75, 3.05) is 13.1 Å². The first-order valence-corrected chi connectivity index (χ1v) is 12.1. The Morgan fingerprint density at radius 2 is 1.82 bits per heavy atom. The second-order valence-electron chi connectivity index (χ2n) is 8.23. The molecule has 1 aliphatic heterocycles. The molecule has 11 heteroatoms.